The smallest absolute Gasteiger partial charge is 0.135 e. The Balaban J connectivity index is 1.79. The molecule has 1 aliphatic heterocycles. The molecule has 0 aromatic heterocycles. The van der Waals surface area contributed by atoms with Crippen LogP contribution in [0.3, 0.4) is 0 Å². The predicted molar refractivity (Wildman–Crippen MR) is 96.6 cm³/mol. The molecule has 24 heavy (non-hydrogen) atoms. The van der Waals surface area contributed by atoms with Gasteiger partial charge in [0.25, 0.3) is 0 Å². The van der Waals surface area contributed by atoms with E-state index in [9.17, 15) is 0 Å². The van der Waals surface area contributed by atoms with Gasteiger partial charge in [-0.15, -0.1) is 0 Å². The maximum atomic E-state index is 6.72. The highest BCUT2D eigenvalue weighted by atomic mass is 16.5. The standard InChI is InChI=1S/C22H21NO/c1-4-10-18(11-5-1)21-23-17-16-22(24-21,19-12-6-2-7-13-19)20-14-8-3-9-15-20/h1-15,21,23H,16-17H2. The van der Waals surface area contributed by atoms with Gasteiger partial charge in [0.2, 0.25) is 0 Å². The summed E-state index contributed by atoms with van der Waals surface area (Å²) in [6, 6.07) is 31.5. The van der Waals surface area contributed by atoms with Gasteiger partial charge in [-0.1, -0.05) is 91.0 Å². The number of benzene rings is 3. The Bertz CT molecular complexity index is 731. The summed E-state index contributed by atoms with van der Waals surface area (Å²) in [5.41, 5.74) is 3.15. The van der Waals surface area contributed by atoms with Crippen LogP contribution in [0.15, 0.2) is 91.0 Å². The van der Waals surface area contributed by atoms with Crippen molar-refractivity contribution >= 4 is 0 Å². The molecule has 0 radical (unpaired) electrons. The monoisotopic (exact) mass is 315 g/mol. The molecule has 1 atom stereocenters. The average Bonchev–Trinajstić information content (AvgIpc) is 2.70. The molecule has 0 spiro atoms. The second kappa shape index (κ2) is 6.60. The van der Waals surface area contributed by atoms with Crippen molar-refractivity contribution in [3.05, 3.63) is 108 Å². The first kappa shape index (κ1) is 15.1. The van der Waals surface area contributed by atoms with E-state index >= 15 is 0 Å². The Morgan fingerprint density at radius 1 is 0.708 bits per heavy atom. The molecule has 1 fully saturated rings. The second-order valence-electron chi connectivity index (χ2n) is 6.17. The van der Waals surface area contributed by atoms with E-state index in [4.69, 9.17) is 4.74 Å². The van der Waals surface area contributed by atoms with Gasteiger partial charge in [-0.25, -0.2) is 0 Å². The molecular formula is C22H21NO. The summed E-state index contributed by atoms with van der Waals surface area (Å²) in [5, 5.41) is 3.51. The van der Waals surface area contributed by atoms with Crippen LogP contribution in [0, 0.1) is 0 Å². The number of nitrogens with one attached hydrogen (secondary N) is 1. The molecule has 1 heterocycles. The highest BCUT2D eigenvalue weighted by molar-refractivity contribution is 5.37. The molecule has 1 unspecified atom stereocenters. The van der Waals surface area contributed by atoms with Gasteiger partial charge in [-0.3, -0.25) is 5.32 Å². The van der Waals surface area contributed by atoms with E-state index in [0.29, 0.717) is 0 Å². The highest BCUT2D eigenvalue weighted by Gasteiger charge is 2.40. The molecule has 0 amide bonds. The van der Waals surface area contributed by atoms with Gasteiger partial charge >= 0.3 is 0 Å². The predicted octanol–water partition coefficient (Wildman–Crippen LogP) is 4.64. The van der Waals surface area contributed by atoms with Crippen LogP contribution < -0.4 is 5.32 Å². The van der Waals surface area contributed by atoms with Crippen LogP contribution >= 0.6 is 0 Å². The lowest BCUT2D eigenvalue weighted by molar-refractivity contribution is -0.121. The molecule has 0 saturated carbocycles. The minimum atomic E-state index is -0.422. The van der Waals surface area contributed by atoms with Crippen LogP contribution in [0.25, 0.3) is 0 Å². The first-order valence-electron chi connectivity index (χ1n) is 8.46. The van der Waals surface area contributed by atoms with Crippen molar-refractivity contribution < 1.29 is 4.74 Å². The minimum Gasteiger partial charge on any atom is -0.343 e. The summed E-state index contributed by atoms with van der Waals surface area (Å²) >= 11 is 0. The van der Waals surface area contributed by atoms with Gasteiger partial charge < -0.3 is 4.74 Å². The summed E-state index contributed by atoms with van der Waals surface area (Å²) in [5.74, 6) is 0. The van der Waals surface area contributed by atoms with E-state index < -0.39 is 5.60 Å². The Kier molecular flexibility index (Phi) is 4.16. The molecule has 1 saturated heterocycles. The lowest BCUT2D eigenvalue weighted by Crippen LogP contribution is -2.45. The van der Waals surface area contributed by atoms with Crippen molar-refractivity contribution in [2.45, 2.75) is 18.2 Å². The fourth-order valence-corrected chi connectivity index (χ4v) is 3.50. The first-order valence-corrected chi connectivity index (χ1v) is 8.46. The zero-order chi connectivity index (χ0) is 16.2. The van der Waals surface area contributed by atoms with Gasteiger partial charge in [-0.2, -0.15) is 0 Å². The Hall–Kier alpha value is -2.42. The topological polar surface area (TPSA) is 21.3 Å². The average molecular weight is 315 g/mol. The van der Waals surface area contributed by atoms with Gasteiger partial charge in [-0.05, 0) is 23.1 Å². The van der Waals surface area contributed by atoms with E-state index in [0.717, 1.165) is 18.5 Å². The SMILES string of the molecule is c1ccc(C2NCCC(c3ccccc3)(c3ccccc3)O2)cc1. The maximum Gasteiger partial charge on any atom is 0.135 e. The Morgan fingerprint density at radius 3 is 1.75 bits per heavy atom. The molecule has 3 aromatic carbocycles. The molecule has 2 nitrogen and oxygen atoms in total. The maximum absolute atomic E-state index is 6.72. The summed E-state index contributed by atoms with van der Waals surface area (Å²) in [7, 11) is 0. The van der Waals surface area contributed by atoms with Crippen LogP contribution in [0.1, 0.15) is 29.3 Å². The van der Waals surface area contributed by atoms with Gasteiger partial charge in [0.05, 0.1) is 0 Å². The molecule has 0 bridgehead atoms. The molecule has 3 aromatic rings. The Morgan fingerprint density at radius 2 is 1.21 bits per heavy atom. The molecular weight excluding hydrogens is 294 g/mol. The molecule has 2 heteroatoms. The normalized spacial score (nSPS) is 19.8. The number of rotatable bonds is 3. The molecule has 1 N–H and O–H groups in total. The van der Waals surface area contributed by atoms with Crippen molar-refractivity contribution in [2.24, 2.45) is 0 Å². The van der Waals surface area contributed by atoms with Crippen LogP contribution in [0.4, 0.5) is 0 Å². The van der Waals surface area contributed by atoms with Gasteiger partial charge in [0.15, 0.2) is 0 Å². The largest absolute Gasteiger partial charge is 0.343 e. The first-order chi connectivity index (χ1) is 11.9. The zero-order valence-corrected chi connectivity index (χ0v) is 13.6. The number of ether oxygens (including phenoxy) is 1. The van der Waals surface area contributed by atoms with Crippen LogP contribution in [-0.2, 0) is 10.3 Å². The summed E-state index contributed by atoms with van der Waals surface area (Å²) in [6.45, 7) is 0.906. The lowest BCUT2D eigenvalue weighted by atomic mass is 9.82. The second-order valence-corrected chi connectivity index (χ2v) is 6.17. The fraction of sp³-hybridized carbons (Fsp3) is 0.182. The van der Waals surface area contributed by atoms with Crippen LogP contribution in [0.2, 0.25) is 0 Å². The van der Waals surface area contributed by atoms with Gasteiger partial charge in [0, 0.05) is 6.54 Å². The van der Waals surface area contributed by atoms with Crippen molar-refractivity contribution in [2.75, 3.05) is 6.54 Å². The highest BCUT2D eigenvalue weighted by Crippen LogP contribution is 2.42. The third-order valence-electron chi connectivity index (χ3n) is 4.71. The minimum absolute atomic E-state index is 0.111. The van der Waals surface area contributed by atoms with Crippen molar-refractivity contribution in [1.29, 1.82) is 0 Å². The van der Waals surface area contributed by atoms with Crippen molar-refractivity contribution in [1.82, 2.24) is 5.32 Å². The Labute approximate surface area is 143 Å². The molecule has 4 rings (SSSR count). The summed E-state index contributed by atoms with van der Waals surface area (Å²) in [4.78, 5) is 0. The van der Waals surface area contributed by atoms with E-state index in [1.54, 1.807) is 0 Å². The third-order valence-corrected chi connectivity index (χ3v) is 4.71. The van der Waals surface area contributed by atoms with Gasteiger partial charge in [0.1, 0.15) is 11.8 Å². The lowest BCUT2D eigenvalue weighted by Gasteiger charge is -2.43. The fourth-order valence-electron chi connectivity index (χ4n) is 3.50. The summed E-state index contributed by atoms with van der Waals surface area (Å²) in [6.07, 6.45) is 0.796. The van der Waals surface area contributed by atoms with E-state index in [-0.39, 0.29) is 6.23 Å². The van der Waals surface area contributed by atoms with Crippen LogP contribution in [0.5, 0.6) is 0 Å². The summed E-state index contributed by atoms with van der Waals surface area (Å²) < 4.78 is 6.72. The van der Waals surface area contributed by atoms with Crippen molar-refractivity contribution in [3.8, 4) is 0 Å². The molecule has 0 aliphatic carbocycles. The van der Waals surface area contributed by atoms with E-state index in [2.05, 4.69) is 90.2 Å². The zero-order valence-electron chi connectivity index (χ0n) is 13.6. The van der Waals surface area contributed by atoms with Crippen LogP contribution in [-0.4, -0.2) is 6.54 Å². The van der Waals surface area contributed by atoms with E-state index in [1.807, 2.05) is 6.07 Å². The molecule has 1 aliphatic rings. The van der Waals surface area contributed by atoms with Crippen molar-refractivity contribution in [3.63, 3.8) is 0 Å². The quantitative estimate of drug-likeness (QED) is 0.760. The molecule has 120 valence electrons. The number of hydrogen-bond acceptors (Lipinski definition) is 2. The van der Waals surface area contributed by atoms with E-state index in [1.165, 1.54) is 11.1 Å². The third kappa shape index (κ3) is 2.75. The number of hydrogen-bond donors (Lipinski definition) is 1.